The molecule has 0 amide bonds. The van der Waals surface area contributed by atoms with Crippen molar-refractivity contribution in [3.63, 3.8) is 0 Å². The first kappa shape index (κ1) is 17.9. The van der Waals surface area contributed by atoms with Gasteiger partial charge in [-0.2, -0.15) is 0 Å². The molecular weight excluding hydrogens is 322 g/mol. The molecule has 4 atom stereocenters. The van der Waals surface area contributed by atoms with E-state index in [-0.39, 0.29) is 25.2 Å². The van der Waals surface area contributed by atoms with Gasteiger partial charge in [-0.05, 0) is 32.0 Å². The van der Waals surface area contributed by atoms with Gasteiger partial charge in [-0.1, -0.05) is 18.2 Å². The standard InChI is InChI=1S/C19H25NO5/c1-20-14-8-9-15(20)17(19(23)24-11-5-10-21)16(12-14)25-18(22)13-6-3-2-4-7-13/h2-4,6-7,14-17,21H,5,8-12H2,1H3/t14-,15+,16+,17+/m0/s1. The highest BCUT2D eigenvalue weighted by Crippen LogP contribution is 2.40. The van der Waals surface area contributed by atoms with Crippen LogP contribution in [0.5, 0.6) is 0 Å². The van der Waals surface area contributed by atoms with Crippen molar-refractivity contribution in [1.29, 1.82) is 0 Å². The fourth-order valence-corrected chi connectivity index (χ4v) is 3.96. The zero-order valence-corrected chi connectivity index (χ0v) is 14.5. The van der Waals surface area contributed by atoms with E-state index in [0.29, 0.717) is 24.4 Å². The SMILES string of the molecule is CN1[C@H]2CC[C@@H]1[C@@H](C(=O)OCCCO)[C@H](OC(=O)c1ccccc1)C2. The number of rotatable bonds is 6. The van der Waals surface area contributed by atoms with Crippen LogP contribution in [0.4, 0.5) is 0 Å². The number of fused-ring (bicyclic) bond motifs is 2. The van der Waals surface area contributed by atoms with E-state index in [1.54, 1.807) is 24.3 Å². The van der Waals surface area contributed by atoms with Crippen LogP contribution >= 0.6 is 0 Å². The number of benzene rings is 1. The third kappa shape index (κ3) is 3.85. The second-order valence-corrected chi connectivity index (χ2v) is 6.78. The maximum Gasteiger partial charge on any atom is 0.338 e. The molecule has 1 aromatic carbocycles. The average Bonchev–Trinajstić information content (AvgIpc) is 2.86. The van der Waals surface area contributed by atoms with Crippen molar-refractivity contribution in [1.82, 2.24) is 4.90 Å². The summed E-state index contributed by atoms with van der Waals surface area (Å²) in [6.07, 6.45) is 2.49. The number of carbonyl (C=O) groups excluding carboxylic acids is 2. The molecule has 1 N–H and O–H groups in total. The van der Waals surface area contributed by atoms with Crippen LogP contribution in [0.15, 0.2) is 30.3 Å². The van der Waals surface area contributed by atoms with Crippen LogP contribution in [0.3, 0.4) is 0 Å². The topological polar surface area (TPSA) is 76.1 Å². The van der Waals surface area contributed by atoms with Gasteiger partial charge in [0.2, 0.25) is 0 Å². The summed E-state index contributed by atoms with van der Waals surface area (Å²) in [5.74, 6) is -1.21. The molecule has 3 rings (SSSR count). The Morgan fingerprint density at radius 1 is 1.24 bits per heavy atom. The molecule has 0 aromatic heterocycles. The zero-order chi connectivity index (χ0) is 17.8. The van der Waals surface area contributed by atoms with Gasteiger partial charge in [-0.25, -0.2) is 4.79 Å². The summed E-state index contributed by atoms with van der Waals surface area (Å²) in [5, 5.41) is 8.86. The molecule has 2 bridgehead atoms. The largest absolute Gasteiger partial charge is 0.465 e. The van der Waals surface area contributed by atoms with Crippen LogP contribution in [0.25, 0.3) is 0 Å². The zero-order valence-electron chi connectivity index (χ0n) is 14.5. The van der Waals surface area contributed by atoms with Crippen molar-refractivity contribution in [3.8, 4) is 0 Å². The van der Waals surface area contributed by atoms with Crippen LogP contribution in [-0.4, -0.2) is 60.4 Å². The fraction of sp³-hybridized carbons (Fsp3) is 0.579. The first-order chi connectivity index (χ1) is 12.1. The van der Waals surface area contributed by atoms with E-state index >= 15 is 0 Å². The van der Waals surface area contributed by atoms with Gasteiger partial charge < -0.3 is 14.6 Å². The lowest BCUT2D eigenvalue weighted by atomic mass is 9.87. The van der Waals surface area contributed by atoms with Crippen LogP contribution in [0.1, 0.15) is 36.0 Å². The predicted molar refractivity (Wildman–Crippen MR) is 91.0 cm³/mol. The summed E-state index contributed by atoms with van der Waals surface area (Å²) in [7, 11) is 2.02. The highest BCUT2D eigenvalue weighted by Gasteiger charge is 2.51. The van der Waals surface area contributed by atoms with Gasteiger partial charge in [0.15, 0.2) is 0 Å². The molecule has 2 aliphatic heterocycles. The van der Waals surface area contributed by atoms with Gasteiger partial charge in [-0.15, -0.1) is 0 Å². The monoisotopic (exact) mass is 347 g/mol. The number of carbonyl (C=O) groups is 2. The van der Waals surface area contributed by atoms with Crippen molar-refractivity contribution in [2.45, 2.75) is 43.9 Å². The Morgan fingerprint density at radius 3 is 2.72 bits per heavy atom. The number of nitrogens with zero attached hydrogens (tertiary/aromatic N) is 1. The van der Waals surface area contributed by atoms with Gasteiger partial charge in [0.25, 0.3) is 0 Å². The van der Waals surface area contributed by atoms with E-state index in [1.807, 2.05) is 13.1 Å². The molecule has 2 aliphatic rings. The number of aliphatic hydroxyl groups is 1. The highest BCUT2D eigenvalue weighted by atomic mass is 16.6. The van der Waals surface area contributed by atoms with Crippen molar-refractivity contribution < 1.29 is 24.2 Å². The highest BCUT2D eigenvalue weighted by molar-refractivity contribution is 5.89. The molecule has 6 nitrogen and oxygen atoms in total. The summed E-state index contributed by atoms with van der Waals surface area (Å²) in [5.41, 5.74) is 0.487. The molecule has 2 heterocycles. The maximum absolute atomic E-state index is 12.6. The molecule has 0 saturated carbocycles. The first-order valence-corrected chi connectivity index (χ1v) is 8.87. The van der Waals surface area contributed by atoms with Crippen LogP contribution in [0.2, 0.25) is 0 Å². The van der Waals surface area contributed by atoms with Gasteiger partial charge in [0.1, 0.15) is 12.0 Å². The van der Waals surface area contributed by atoms with Gasteiger partial charge in [-0.3, -0.25) is 9.69 Å². The van der Waals surface area contributed by atoms with Crippen LogP contribution in [-0.2, 0) is 14.3 Å². The fourth-order valence-electron chi connectivity index (χ4n) is 3.96. The number of aliphatic hydroxyl groups excluding tert-OH is 1. The van der Waals surface area contributed by atoms with E-state index in [2.05, 4.69) is 4.90 Å². The van der Waals surface area contributed by atoms with E-state index in [9.17, 15) is 9.59 Å². The molecule has 0 radical (unpaired) electrons. The Kier molecular flexibility index (Phi) is 5.71. The molecule has 0 spiro atoms. The van der Waals surface area contributed by atoms with Crippen LogP contribution in [0, 0.1) is 5.92 Å². The van der Waals surface area contributed by atoms with E-state index in [1.165, 1.54) is 0 Å². The average molecular weight is 347 g/mol. The van der Waals surface area contributed by atoms with Gasteiger partial charge >= 0.3 is 11.9 Å². The Balaban J connectivity index is 1.73. The van der Waals surface area contributed by atoms with E-state index < -0.39 is 18.0 Å². The quantitative estimate of drug-likeness (QED) is 0.622. The molecule has 0 unspecified atom stereocenters. The number of hydrogen-bond donors (Lipinski definition) is 1. The molecular formula is C19H25NO5. The van der Waals surface area contributed by atoms with E-state index in [4.69, 9.17) is 14.6 Å². The number of piperidine rings is 1. The normalized spacial score (nSPS) is 28.6. The Morgan fingerprint density at radius 2 is 2.00 bits per heavy atom. The first-order valence-electron chi connectivity index (χ1n) is 8.87. The molecule has 2 saturated heterocycles. The van der Waals surface area contributed by atoms with Gasteiger partial charge in [0.05, 0.1) is 12.2 Å². The van der Waals surface area contributed by atoms with Crippen molar-refractivity contribution in [2.24, 2.45) is 5.92 Å². The number of ether oxygens (including phenoxy) is 2. The Bertz CT molecular complexity index is 605. The molecule has 0 aliphatic carbocycles. The van der Waals surface area contributed by atoms with Crippen molar-refractivity contribution >= 4 is 11.9 Å². The minimum atomic E-state index is -0.477. The minimum Gasteiger partial charge on any atom is -0.465 e. The summed E-state index contributed by atoms with van der Waals surface area (Å²) in [6.45, 7) is 0.167. The lowest BCUT2D eigenvalue weighted by Gasteiger charge is -2.40. The maximum atomic E-state index is 12.6. The smallest absolute Gasteiger partial charge is 0.338 e. The summed E-state index contributed by atoms with van der Waals surface area (Å²) in [4.78, 5) is 27.3. The lowest BCUT2D eigenvalue weighted by Crippen LogP contribution is -2.53. The minimum absolute atomic E-state index is 0.0181. The van der Waals surface area contributed by atoms with Crippen molar-refractivity contribution in [2.75, 3.05) is 20.3 Å². The second kappa shape index (κ2) is 7.97. The molecule has 6 heteroatoms. The summed E-state index contributed by atoms with van der Waals surface area (Å²) < 4.78 is 11.1. The van der Waals surface area contributed by atoms with Crippen LogP contribution < -0.4 is 0 Å². The lowest BCUT2D eigenvalue weighted by molar-refractivity contribution is -0.159. The third-order valence-corrected chi connectivity index (χ3v) is 5.30. The molecule has 1 aromatic rings. The van der Waals surface area contributed by atoms with Gasteiger partial charge in [0, 0.05) is 31.5 Å². The second-order valence-electron chi connectivity index (χ2n) is 6.78. The molecule has 2 fully saturated rings. The molecule has 136 valence electrons. The molecule has 25 heavy (non-hydrogen) atoms. The van der Waals surface area contributed by atoms with Crippen molar-refractivity contribution in [3.05, 3.63) is 35.9 Å². The Hall–Kier alpha value is -1.92. The summed E-state index contributed by atoms with van der Waals surface area (Å²) >= 11 is 0. The predicted octanol–water partition coefficient (Wildman–Crippen LogP) is 1.62. The number of esters is 2. The summed E-state index contributed by atoms with van der Waals surface area (Å²) in [6, 6.07) is 9.20. The van der Waals surface area contributed by atoms with E-state index in [0.717, 1.165) is 12.8 Å². The Labute approximate surface area is 147 Å². The third-order valence-electron chi connectivity index (χ3n) is 5.30. The number of hydrogen-bond acceptors (Lipinski definition) is 6.